The second kappa shape index (κ2) is 8.12. The highest BCUT2D eigenvalue weighted by Crippen LogP contribution is 2.37. The molecule has 0 unspecified atom stereocenters. The van der Waals surface area contributed by atoms with E-state index < -0.39 is 20.1 Å². The third-order valence-electron chi connectivity index (χ3n) is 2.11. The lowest BCUT2D eigenvalue weighted by atomic mass is 10.2. The molecule has 0 spiro atoms. The van der Waals surface area contributed by atoms with Crippen molar-refractivity contribution in [3.05, 3.63) is 59.5 Å². The molecule has 0 fully saturated rings. The molecule has 4 nitrogen and oxygen atoms in total. The summed E-state index contributed by atoms with van der Waals surface area (Å²) in [6.45, 7) is 0.408. The number of rotatable bonds is 5. The van der Waals surface area contributed by atoms with Gasteiger partial charge in [-0.1, -0.05) is 70.3 Å². The lowest BCUT2D eigenvalue weighted by molar-refractivity contribution is -0.419. The summed E-state index contributed by atoms with van der Waals surface area (Å²) >= 11 is 23.5. The molecule has 0 aliphatic carbocycles. The van der Waals surface area contributed by atoms with Crippen LogP contribution in [0.5, 0.6) is 0 Å². The first-order valence-electron chi connectivity index (χ1n) is 5.09. The van der Waals surface area contributed by atoms with Gasteiger partial charge in [-0.3, -0.25) is 10.1 Å². The molecule has 0 saturated carbocycles. The van der Waals surface area contributed by atoms with Crippen LogP contribution in [0.15, 0.2) is 48.7 Å². The van der Waals surface area contributed by atoms with E-state index in [1.165, 1.54) is 0 Å². The maximum Gasteiger partial charge on any atom is 0.315 e. The Morgan fingerprint density at radius 1 is 1.20 bits per heavy atom. The van der Waals surface area contributed by atoms with Gasteiger partial charge in [0, 0.05) is 11.4 Å². The van der Waals surface area contributed by atoms with Gasteiger partial charge in [-0.05, 0) is 17.7 Å². The van der Waals surface area contributed by atoms with Crippen molar-refractivity contribution < 1.29 is 4.92 Å². The molecular formula is C11H8Cl4N2O2S. The van der Waals surface area contributed by atoms with Crippen molar-refractivity contribution in [2.45, 2.75) is 11.4 Å². The van der Waals surface area contributed by atoms with Crippen molar-refractivity contribution in [3.63, 3.8) is 0 Å². The highest BCUT2D eigenvalue weighted by Gasteiger charge is 2.24. The Morgan fingerprint density at radius 3 is 2.15 bits per heavy atom. The van der Waals surface area contributed by atoms with E-state index in [-0.39, 0.29) is 4.36 Å². The number of nitrogens with two attached hydrogens (primary N) is 1. The molecule has 0 radical (unpaired) electrons. The Bertz CT molecular complexity index is 568. The Kier molecular flexibility index (Phi) is 7.15. The van der Waals surface area contributed by atoms with E-state index in [2.05, 4.69) is 0 Å². The summed E-state index contributed by atoms with van der Waals surface area (Å²) in [7, 11) is 0. The molecule has 0 aromatic heterocycles. The quantitative estimate of drug-likeness (QED) is 0.348. The van der Waals surface area contributed by atoms with Crippen LogP contribution in [0.1, 0.15) is 5.56 Å². The zero-order valence-electron chi connectivity index (χ0n) is 9.78. The molecule has 1 aromatic carbocycles. The normalized spacial score (nSPS) is 11.8. The fourth-order valence-electron chi connectivity index (χ4n) is 1.17. The van der Waals surface area contributed by atoms with Crippen LogP contribution in [0.2, 0.25) is 0 Å². The first-order chi connectivity index (χ1) is 9.36. The summed E-state index contributed by atoms with van der Waals surface area (Å²) in [5, 5.41) is 10.6. The monoisotopic (exact) mass is 372 g/mol. The van der Waals surface area contributed by atoms with Gasteiger partial charge in [0.2, 0.25) is 0 Å². The van der Waals surface area contributed by atoms with Crippen LogP contribution in [0.4, 0.5) is 0 Å². The van der Waals surface area contributed by atoms with E-state index in [9.17, 15) is 10.1 Å². The maximum atomic E-state index is 11.0. The molecule has 1 aromatic rings. The first kappa shape index (κ1) is 17.6. The molecule has 0 saturated heterocycles. The number of halogens is 4. The number of benzene rings is 1. The number of hydrogen-bond acceptors (Lipinski definition) is 4. The number of allylic oxidation sites excluding steroid dienone is 1. The van der Waals surface area contributed by atoms with Crippen LogP contribution in [-0.2, 0) is 6.54 Å². The molecule has 1 rings (SSSR count). The minimum absolute atomic E-state index is 0.140. The van der Waals surface area contributed by atoms with Crippen molar-refractivity contribution in [1.29, 1.82) is 0 Å². The van der Waals surface area contributed by atoms with Crippen LogP contribution in [-0.4, -0.2) is 4.92 Å². The molecule has 108 valence electrons. The van der Waals surface area contributed by atoms with Gasteiger partial charge < -0.3 is 5.73 Å². The highest BCUT2D eigenvalue weighted by molar-refractivity contribution is 8.04. The van der Waals surface area contributed by atoms with Crippen LogP contribution in [0, 0.1) is 10.1 Å². The zero-order chi connectivity index (χ0) is 15.3. The second-order valence-electron chi connectivity index (χ2n) is 3.40. The molecule has 20 heavy (non-hydrogen) atoms. The minimum Gasteiger partial charge on any atom is -0.326 e. The van der Waals surface area contributed by atoms with Crippen LogP contribution >= 0.6 is 58.2 Å². The van der Waals surface area contributed by atoms with E-state index in [0.717, 1.165) is 17.3 Å². The molecule has 0 aliphatic heterocycles. The number of nitrogens with zero attached hydrogens (tertiary/aromatic N) is 1. The Labute approximate surface area is 139 Å². The Balaban J connectivity index is 3.11. The standard InChI is InChI=1S/C11H8Cl4N2O2S/c12-8(10(13)14)9(17(18)19)11(15)20-7-3-1-6(5-16)2-4-7/h1-4H,5,16H2. The van der Waals surface area contributed by atoms with Gasteiger partial charge in [-0.15, -0.1) is 0 Å². The van der Waals surface area contributed by atoms with Crippen molar-refractivity contribution in [1.82, 2.24) is 0 Å². The minimum atomic E-state index is -0.739. The topological polar surface area (TPSA) is 69.2 Å². The molecule has 0 heterocycles. The molecule has 2 N–H and O–H groups in total. The highest BCUT2D eigenvalue weighted by atomic mass is 35.5. The van der Waals surface area contributed by atoms with Gasteiger partial charge in [-0.2, -0.15) is 0 Å². The number of hydrogen-bond donors (Lipinski definition) is 1. The smallest absolute Gasteiger partial charge is 0.315 e. The van der Waals surface area contributed by atoms with E-state index in [0.29, 0.717) is 11.4 Å². The van der Waals surface area contributed by atoms with Gasteiger partial charge in [0.15, 0.2) is 9.40 Å². The van der Waals surface area contributed by atoms with Crippen molar-refractivity contribution in [3.8, 4) is 0 Å². The molecule has 0 atom stereocenters. The molecule has 0 amide bonds. The van der Waals surface area contributed by atoms with Crippen LogP contribution in [0.3, 0.4) is 0 Å². The lowest BCUT2D eigenvalue weighted by Crippen LogP contribution is -2.01. The Morgan fingerprint density at radius 2 is 1.75 bits per heavy atom. The average molecular weight is 374 g/mol. The largest absolute Gasteiger partial charge is 0.326 e. The van der Waals surface area contributed by atoms with Crippen LogP contribution in [0.25, 0.3) is 0 Å². The summed E-state index contributed by atoms with van der Waals surface area (Å²) < 4.78 is -0.560. The molecular weight excluding hydrogens is 366 g/mol. The van der Waals surface area contributed by atoms with Gasteiger partial charge >= 0.3 is 5.70 Å². The lowest BCUT2D eigenvalue weighted by Gasteiger charge is -2.03. The fraction of sp³-hybridized carbons (Fsp3) is 0.0909. The Hall–Kier alpha value is -0.430. The van der Waals surface area contributed by atoms with E-state index >= 15 is 0 Å². The number of thioether (sulfide) groups is 1. The van der Waals surface area contributed by atoms with Gasteiger partial charge in [0.1, 0.15) is 4.49 Å². The maximum absolute atomic E-state index is 11.0. The van der Waals surface area contributed by atoms with Crippen LogP contribution < -0.4 is 5.73 Å². The van der Waals surface area contributed by atoms with Crippen molar-refractivity contribution in [2.75, 3.05) is 0 Å². The predicted molar refractivity (Wildman–Crippen MR) is 84.6 cm³/mol. The molecule has 9 heteroatoms. The third-order valence-corrected chi connectivity index (χ3v) is 4.34. The van der Waals surface area contributed by atoms with Crippen molar-refractivity contribution in [2.24, 2.45) is 5.73 Å². The van der Waals surface area contributed by atoms with Crippen molar-refractivity contribution >= 4 is 58.2 Å². The summed E-state index contributed by atoms with van der Waals surface area (Å²) in [4.78, 5) is 10.9. The summed E-state index contributed by atoms with van der Waals surface area (Å²) in [5.41, 5.74) is 5.87. The third kappa shape index (κ3) is 4.84. The average Bonchev–Trinajstić information content (AvgIpc) is 2.39. The molecule has 0 bridgehead atoms. The molecule has 0 aliphatic rings. The number of nitro groups is 1. The fourth-order valence-corrected chi connectivity index (χ4v) is 2.80. The first-order valence-corrected chi connectivity index (χ1v) is 7.41. The van der Waals surface area contributed by atoms with E-state index in [4.69, 9.17) is 52.1 Å². The SMILES string of the molecule is NCc1ccc(SC(Cl)=C(C(Cl)=C(Cl)Cl)[N+](=O)[O-])cc1. The van der Waals surface area contributed by atoms with Gasteiger partial charge in [0.25, 0.3) is 0 Å². The summed E-state index contributed by atoms with van der Waals surface area (Å²) in [5.74, 6) is 0. The predicted octanol–water partition coefficient (Wildman–Crippen LogP) is 4.81. The van der Waals surface area contributed by atoms with Gasteiger partial charge in [-0.25, -0.2) is 0 Å². The van der Waals surface area contributed by atoms with Gasteiger partial charge in [0.05, 0.1) is 4.92 Å². The second-order valence-corrected chi connectivity index (χ2v) is 6.42. The van der Waals surface area contributed by atoms with E-state index in [1.54, 1.807) is 24.3 Å². The summed E-state index contributed by atoms with van der Waals surface area (Å²) in [6.07, 6.45) is 0. The van der Waals surface area contributed by atoms with E-state index in [1.807, 2.05) is 0 Å². The summed E-state index contributed by atoms with van der Waals surface area (Å²) in [6, 6.07) is 7.08. The zero-order valence-corrected chi connectivity index (χ0v) is 13.6.